The maximum Gasteiger partial charge on any atom is 0.414 e. The monoisotopic (exact) mass is 457 g/mol. The van der Waals surface area contributed by atoms with Crippen molar-refractivity contribution in [3.63, 3.8) is 0 Å². The first-order valence-electron chi connectivity index (χ1n) is 11.4. The summed E-state index contributed by atoms with van der Waals surface area (Å²) in [5, 5.41) is 0.398. The van der Waals surface area contributed by atoms with Crippen molar-refractivity contribution in [3.05, 3.63) is 39.7 Å². The number of rotatable bonds is 4. The van der Waals surface area contributed by atoms with Gasteiger partial charge in [0.2, 0.25) is 5.43 Å². The van der Waals surface area contributed by atoms with Crippen LogP contribution in [0, 0.1) is 0 Å². The highest BCUT2D eigenvalue weighted by Crippen LogP contribution is 2.33. The Morgan fingerprint density at radius 1 is 1.09 bits per heavy atom. The Morgan fingerprint density at radius 3 is 2.48 bits per heavy atom. The van der Waals surface area contributed by atoms with E-state index in [0.29, 0.717) is 49.4 Å². The van der Waals surface area contributed by atoms with Gasteiger partial charge in [-0.05, 0) is 45.4 Å². The summed E-state index contributed by atoms with van der Waals surface area (Å²) in [6.07, 6.45) is 1.08. The molecule has 9 heteroatoms. The van der Waals surface area contributed by atoms with Crippen molar-refractivity contribution < 1.29 is 23.8 Å². The predicted octanol–water partition coefficient (Wildman–Crippen LogP) is 2.77. The molecule has 1 aromatic heterocycles. The molecule has 1 amide bonds. The predicted molar refractivity (Wildman–Crippen MR) is 124 cm³/mol. The fourth-order valence-electron chi connectivity index (χ4n) is 4.26. The van der Waals surface area contributed by atoms with Crippen LogP contribution < -0.4 is 10.3 Å². The fraction of sp³-hybridized carbons (Fsp3) is 0.542. The van der Waals surface area contributed by atoms with Gasteiger partial charge in [0, 0.05) is 44.3 Å². The second-order valence-electron chi connectivity index (χ2n) is 9.32. The summed E-state index contributed by atoms with van der Waals surface area (Å²) in [7, 11) is 0. The minimum Gasteiger partial charge on any atom is -0.462 e. The van der Waals surface area contributed by atoms with Gasteiger partial charge in [-0.2, -0.15) is 0 Å². The topological polar surface area (TPSA) is 90.3 Å². The molecule has 0 saturated carbocycles. The number of benzene rings is 1. The zero-order valence-corrected chi connectivity index (χ0v) is 19.7. The second kappa shape index (κ2) is 9.15. The van der Waals surface area contributed by atoms with Gasteiger partial charge in [0.25, 0.3) is 0 Å². The molecule has 0 bridgehead atoms. The van der Waals surface area contributed by atoms with Gasteiger partial charge in [-0.1, -0.05) is 0 Å². The Labute approximate surface area is 192 Å². The zero-order chi connectivity index (χ0) is 23.8. The lowest BCUT2D eigenvalue weighted by atomic mass is 10.0. The van der Waals surface area contributed by atoms with Gasteiger partial charge in [-0.3, -0.25) is 14.6 Å². The first-order valence-corrected chi connectivity index (χ1v) is 11.4. The molecule has 2 aromatic rings. The van der Waals surface area contributed by atoms with Gasteiger partial charge in [-0.15, -0.1) is 0 Å². The van der Waals surface area contributed by atoms with Crippen molar-refractivity contribution in [1.29, 1.82) is 0 Å². The first-order chi connectivity index (χ1) is 15.7. The number of esters is 1. The van der Waals surface area contributed by atoms with E-state index in [1.165, 1.54) is 0 Å². The summed E-state index contributed by atoms with van der Waals surface area (Å²) < 4.78 is 18.0. The van der Waals surface area contributed by atoms with Crippen molar-refractivity contribution in [2.24, 2.45) is 0 Å². The number of amides is 1. The van der Waals surface area contributed by atoms with Crippen LogP contribution in [0.3, 0.4) is 0 Å². The molecule has 2 aliphatic rings. The Bertz CT molecular complexity index is 1130. The van der Waals surface area contributed by atoms with Crippen molar-refractivity contribution in [2.75, 3.05) is 44.4 Å². The molecule has 4 rings (SSSR count). The van der Waals surface area contributed by atoms with E-state index in [4.69, 9.17) is 14.2 Å². The van der Waals surface area contributed by atoms with Gasteiger partial charge in [-0.25, -0.2) is 9.59 Å². The van der Waals surface area contributed by atoms with Crippen LogP contribution in [0.2, 0.25) is 0 Å². The maximum atomic E-state index is 13.4. The van der Waals surface area contributed by atoms with E-state index < -0.39 is 23.1 Å². The number of carbonyl (C=O) groups excluding carboxylic acids is 2. The molecule has 1 saturated heterocycles. The number of carbonyl (C=O) groups is 2. The molecule has 9 nitrogen and oxygen atoms in total. The third kappa shape index (κ3) is 4.89. The summed E-state index contributed by atoms with van der Waals surface area (Å²) in [6.45, 7) is 11.7. The largest absolute Gasteiger partial charge is 0.462 e. The quantitative estimate of drug-likeness (QED) is 0.652. The van der Waals surface area contributed by atoms with Crippen molar-refractivity contribution in [1.82, 2.24) is 9.47 Å². The molecule has 0 spiro atoms. The number of hydrogen-bond donors (Lipinski definition) is 0. The van der Waals surface area contributed by atoms with Crippen molar-refractivity contribution in [3.8, 4) is 0 Å². The van der Waals surface area contributed by atoms with Crippen molar-refractivity contribution >= 4 is 28.7 Å². The van der Waals surface area contributed by atoms with Crippen LogP contribution >= 0.6 is 0 Å². The normalized spacial score (nSPS) is 16.7. The maximum absolute atomic E-state index is 13.4. The second-order valence-corrected chi connectivity index (χ2v) is 9.32. The SMILES string of the molecule is CCOC(=O)c1cn2c3c(cc(CN4CCOCC4)cc3c1=O)N(C(=O)OC(C)(C)C)CC2. The minimum absolute atomic E-state index is 0.00420. The molecule has 1 fully saturated rings. The highest BCUT2D eigenvalue weighted by Gasteiger charge is 2.30. The van der Waals surface area contributed by atoms with Crippen LogP contribution in [0.25, 0.3) is 10.9 Å². The van der Waals surface area contributed by atoms with Gasteiger partial charge < -0.3 is 18.8 Å². The zero-order valence-electron chi connectivity index (χ0n) is 19.7. The third-order valence-electron chi connectivity index (χ3n) is 5.69. The lowest BCUT2D eigenvalue weighted by Crippen LogP contribution is -2.42. The van der Waals surface area contributed by atoms with Crippen LogP contribution in [-0.2, 0) is 27.3 Å². The summed E-state index contributed by atoms with van der Waals surface area (Å²) >= 11 is 0. The van der Waals surface area contributed by atoms with Gasteiger partial charge in [0.1, 0.15) is 11.2 Å². The Kier molecular flexibility index (Phi) is 6.45. The van der Waals surface area contributed by atoms with Crippen LogP contribution in [0.1, 0.15) is 43.6 Å². The molecule has 1 aromatic carbocycles. The molecular weight excluding hydrogens is 426 g/mol. The third-order valence-corrected chi connectivity index (χ3v) is 5.69. The molecule has 0 aliphatic carbocycles. The molecule has 0 unspecified atom stereocenters. The Balaban J connectivity index is 1.85. The van der Waals surface area contributed by atoms with E-state index >= 15 is 0 Å². The molecule has 2 aliphatic heterocycles. The highest BCUT2D eigenvalue weighted by atomic mass is 16.6. The van der Waals surface area contributed by atoms with Gasteiger partial charge >= 0.3 is 12.1 Å². The number of ether oxygens (including phenoxy) is 3. The molecule has 0 radical (unpaired) electrons. The molecular formula is C24H31N3O6. The summed E-state index contributed by atoms with van der Waals surface area (Å²) in [5.41, 5.74) is 1.09. The van der Waals surface area contributed by atoms with Gasteiger partial charge in [0.05, 0.1) is 31.0 Å². The van der Waals surface area contributed by atoms with E-state index in [1.807, 2.05) is 37.5 Å². The van der Waals surface area contributed by atoms with Crippen LogP contribution in [-0.4, -0.2) is 66.6 Å². The summed E-state index contributed by atoms with van der Waals surface area (Å²) in [6, 6.07) is 3.77. The highest BCUT2D eigenvalue weighted by molar-refractivity contribution is 6.03. The lowest BCUT2D eigenvalue weighted by Gasteiger charge is -2.33. The average molecular weight is 458 g/mol. The standard InChI is InChI=1S/C24H31N3O6/c1-5-32-22(29)18-15-26-6-7-27(23(30)33-24(2,3)4)19-13-16(12-17(20(19)26)21(18)28)14-25-8-10-31-11-9-25/h12-13,15H,5-11,14H2,1-4H3. The number of morpholine rings is 1. The van der Waals surface area contributed by atoms with E-state index in [-0.39, 0.29) is 12.2 Å². The Hall–Kier alpha value is -2.91. The van der Waals surface area contributed by atoms with Crippen LogP contribution in [0.15, 0.2) is 23.1 Å². The van der Waals surface area contributed by atoms with E-state index in [2.05, 4.69) is 4.90 Å². The van der Waals surface area contributed by atoms with E-state index in [1.54, 1.807) is 18.0 Å². The van der Waals surface area contributed by atoms with E-state index in [9.17, 15) is 14.4 Å². The molecule has 0 atom stereocenters. The summed E-state index contributed by atoms with van der Waals surface area (Å²) in [5.74, 6) is -0.636. The number of pyridine rings is 1. The first kappa shape index (κ1) is 23.3. The van der Waals surface area contributed by atoms with Crippen LogP contribution in [0.5, 0.6) is 0 Å². The average Bonchev–Trinajstić information content (AvgIpc) is 2.75. The summed E-state index contributed by atoms with van der Waals surface area (Å²) in [4.78, 5) is 42.7. The van der Waals surface area contributed by atoms with E-state index in [0.717, 1.165) is 18.7 Å². The Morgan fingerprint density at radius 2 is 1.82 bits per heavy atom. The van der Waals surface area contributed by atoms with Crippen LogP contribution in [0.4, 0.5) is 10.5 Å². The number of nitrogens with zero attached hydrogens (tertiary/aromatic N) is 3. The minimum atomic E-state index is -0.646. The molecule has 0 N–H and O–H groups in total. The van der Waals surface area contributed by atoms with Gasteiger partial charge in [0.15, 0.2) is 0 Å². The number of aromatic nitrogens is 1. The number of hydrogen-bond acceptors (Lipinski definition) is 7. The van der Waals surface area contributed by atoms with Crippen molar-refractivity contribution in [2.45, 2.75) is 46.4 Å². The fourth-order valence-corrected chi connectivity index (χ4v) is 4.26. The smallest absolute Gasteiger partial charge is 0.414 e. The lowest BCUT2D eigenvalue weighted by molar-refractivity contribution is 0.0342. The molecule has 178 valence electrons. The number of anilines is 1. The molecule has 3 heterocycles. The molecule has 33 heavy (non-hydrogen) atoms.